The zero-order valence-electron chi connectivity index (χ0n) is 11.7. The predicted octanol–water partition coefficient (Wildman–Crippen LogP) is 4.68. The fourth-order valence-electron chi connectivity index (χ4n) is 1.88. The lowest BCUT2D eigenvalue weighted by atomic mass is 10.2. The summed E-state index contributed by atoms with van der Waals surface area (Å²) in [6, 6.07) is 7.43. The Morgan fingerprint density at radius 2 is 1.96 bits per heavy atom. The number of halogens is 4. The van der Waals surface area contributed by atoms with Crippen LogP contribution in [0.4, 0.5) is 14.8 Å². The van der Waals surface area contributed by atoms with Crippen LogP contribution >= 0.6 is 27.5 Å². The molecule has 1 heterocycles. The molecule has 0 atom stereocenters. The van der Waals surface area contributed by atoms with Crippen LogP contribution in [0.15, 0.2) is 45.3 Å². The molecule has 1 N–H and O–H groups in total. The van der Waals surface area contributed by atoms with Crippen LogP contribution in [0.25, 0.3) is 11.5 Å². The zero-order chi connectivity index (χ0) is 17.3. The number of hydrogen-bond donors (Lipinski definition) is 1. The van der Waals surface area contributed by atoms with Gasteiger partial charge >= 0.3 is 6.01 Å². The molecule has 122 valence electrons. The minimum absolute atomic E-state index is 0.0788. The number of hydrogen-bond acceptors (Lipinski definition) is 4. The number of benzene rings is 2. The molecule has 0 aliphatic heterocycles. The number of nitrogens with zero attached hydrogens (tertiary/aromatic N) is 2. The first-order valence-electron chi connectivity index (χ1n) is 6.49. The fourth-order valence-corrected chi connectivity index (χ4v) is 2.45. The van der Waals surface area contributed by atoms with Gasteiger partial charge in [0, 0.05) is 10.5 Å². The van der Waals surface area contributed by atoms with E-state index in [1.165, 1.54) is 6.07 Å². The van der Waals surface area contributed by atoms with Gasteiger partial charge in [0.15, 0.2) is 0 Å². The van der Waals surface area contributed by atoms with E-state index in [0.29, 0.717) is 10.5 Å². The van der Waals surface area contributed by atoms with Gasteiger partial charge in [-0.3, -0.25) is 10.1 Å². The van der Waals surface area contributed by atoms with Crippen LogP contribution in [0.2, 0.25) is 5.02 Å². The minimum Gasteiger partial charge on any atom is -0.403 e. The number of carbonyl (C=O) groups excluding carboxylic acids is 1. The summed E-state index contributed by atoms with van der Waals surface area (Å²) < 4.78 is 32.5. The molecular formula is C15H7BrClF2N3O2. The Hall–Kier alpha value is -2.32. The molecule has 2 aromatic carbocycles. The lowest BCUT2D eigenvalue weighted by Crippen LogP contribution is -2.12. The molecule has 3 aromatic rings. The summed E-state index contributed by atoms with van der Waals surface area (Å²) >= 11 is 9.20. The van der Waals surface area contributed by atoms with Crippen LogP contribution in [0.5, 0.6) is 0 Å². The van der Waals surface area contributed by atoms with Crippen molar-refractivity contribution >= 4 is 39.5 Å². The van der Waals surface area contributed by atoms with E-state index >= 15 is 0 Å². The van der Waals surface area contributed by atoms with Crippen molar-refractivity contribution < 1.29 is 18.0 Å². The van der Waals surface area contributed by atoms with Gasteiger partial charge in [0.1, 0.15) is 11.6 Å². The van der Waals surface area contributed by atoms with Gasteiger partial charge in [-0.25, -0.2) is 8.78 Å². The zero-order valence-corrected chi connectivity index (χ0v) is 14.0. The SMILES string of the molecule is O=C(Nc1nnc(-c2ccc(F)cc2F)o1)c1cc(Br)ccc1Cl. The Morgan fingerprint density at radius 1 is 1.17 bits per heavy atom. The summed E-state index contributed by atoms with van der Waals surface area (Å²) in [5.74, 6) is -2.35. The summed E-state index contributed by atoms with van der Waals surface area (Å²) in [7, 11) is 0. The lowest BCUT2D eigenvalue weighted by Gasteiger charge is -2.03. The van der Waals surface area contributed by atoms with Gasteiger partial charge in [0.25, 0.3) is 11.8 Å². The van der Waals surface area contributed by atoms with Gasteiger partial charge in [-0.1, -0.05) is 32.6 Å². The van der Waals surface area contributed by atoms with Gasteiger partial charge in [-0.05, 0) is 30.3 Å². The number of aromatic nitrogens is 2. The molecule has 0 spiro atoms. The highest BCUT2D eigenvalue weighted by Crippen LogP contribution is 2.25. The highest BCUT2D eigenvalue weighted by molar-refractivity contribution is 9.10. The first-order chi connectivity index (χ1) is 11.4. The third-order valence-corrected chi connectivity index (χ3v) is 3.80. The van der Waals surface area contributed by atoms with Crippen molar-refractivity contribution in [3.05, 3.63) is 63.1 Å². The quantitative estimate of drug-likeness (QED) is 0.675. The van der Waals surface area contributed by atoms with Gasteiger partial charge in [0.2, 0.25) is 0 Å². The van der Waals surface area contributed by atoms with Crippen LogP contribution in [0.3, 0.4) is 0 Å². The van der Waals surface area contributed by atoms with E-state index in [2.05, 4.69) is 31.4 Å². The molecule has 0 saturated carbocycles. The molecule has 9 heteroatoms. The third kappa shape index (κ3) is 3.44. The van der Waals surface area contributed by atoms with E-state index in [9.17, 15) is 13.6 Å². The largest absolute Gasteiger partial charge is 0.403 e. The number of anilines is 1. The average molecular weight is 415 g/mol. The van der Waals surface area contributed by atoms with E-state index in [0.717, 1.165) is 12.1 Å². The molecule has 0 unspecified atom stereocenters. The number of amides is 1. The van der Waals surface area contributed by atoms with Gasteiger partial charge < -0.3 is 4.42 Å². The second-order valence-electron chi connectivity index (χ2n) is 4.61. The van der Waals surface area contributed by atoms with Crippen molar-refractivity contribution in [2.75, 3.05) is 5.32 Å². The number of nitrogens with one attached hydrogen (secondary N) is 1. The first-order valence-corrected chi connectivity index (χ1v) is 7.66. The van der Waals surface area contributed by atoms with E-state index in [4.69, 9.17) is 16.0 Å². The summed E-state index contributed by atoms with van der Waals surface area (Å²) in [4.78, 5) is 12.2. The molecule has 1 aromatic heterocycles. The molecule has 0 fully saturated rings. The maximum atomic E-state index is 13.7. The van der Waals surface area contributed by atoms with Crippen molar-refractivity contribution in [2.24, 2.45) is 0 Å². The van der Waals surface area contributed by atoms with Crippen molar-refractivity contribution in [1.29, 1.82) is 0 Å². The maximum absolute atomic E-state index is 13.7. The first kappa shape index (κ1) is 16.5. The van der Waals surface area contributed by atoms with E-state index in [1.54, 1.807) is 12.1 Å². The Kier molecular flexibility index (Phi) is 4.59. The van der Waals surface area contributed by atoms with Crippen LogP contribution in [0, 0.1) is 11.6 Å². The Balaban J connectivity index is 1.83. The second kappa shape index (κ2) is 6.66. The molecule has 0 aliphatic rings. The Bertz CT molecular complexity index is 933. The Morgan fingerprint density at radius 3 is 2.71 bits per heavy atom. The summed E-state index contributed by atoms with van der Waals surface area (Å²) in [5, 5.41) is 9.84. The van der Waals surface area contributed by atoms with Crippen molar-refractivity contribution in [3.63, 3.8) is 0 Å². The molecule has 1 amide bonds. The molecule has 3 rings (SSSR count). The molecule has 5 nitrogen and oxygen atoms in total. The molecule has 0 aliphatic carbocycles. The van der Waals surface area contributed by atoms with Gasteiger partial charge in [0.05, 0.1) is 16.1 Å². The fraction of sp³-hybridized carbons (Fsp3) is 0. The van der Waals surface area contributed by atoms with Crippen LogP contribution < -0.4 is 5.32 Å². The maximum Gasteiger partial charge on any atom is 0.322 e. The molecule has 0 saturated heterocycles. The molecule has 0 radical (unpaired) electrons. The van der Waals surface area contributed by atoms with Crippen molar-refractivity contribution in [1.82, 2.24) is 10.2 Å². The predicted molar refractivity (Wildman–Crippen MR) is 86.8 cm³/mol. The van der Waals surface area contributed by atoms with Gasteiger partial charge in [-0.15, -0.1) is 5.10 Å². The second-order valence-corrected chi connectivity index (χ2v) is 5.94. The van der Waals surface area contributed by atoms with E-state index in [-0.39, 0.29) is 28.1 Å². The third-order valence-electron chi connectivity index (χ3n) is 2.98. The lowest BCUT2D eigenvalue weighted by molar-refractivity contribution is 0.102. The van der Waals surface area contributed by atoms with Crippen LogP contribution in [-0.4, -0.2) is 16.1 Å². The highest BCUT2D eigenvalue weighted by Gasteiger charge is 2.17. The van der Waals surface area contributed by atoms with Crippen molar-refractivity contribution in [2.45, 2.75) is 0 Å². The summed E-state index contributed by atoms with van der Waals surface area (Å²) in [6.07, 6.45) is 0. The molecule has 0 bridgehead atoms. The van der Waals surface area contributed by atoms with E-state index < -0.39 is 17.5 Å². The summed E-state index contributed by atoms with van der Waals surface area (Å²) in [5.41, 5.74) is 0.114. The highest BCUT2D eigenvalue weighted by atomic mass is 79.9. The van der Waals surface area contributed by atoms with Crippen LogP contribution in [-0.2, 0) is 0 Å². The number of rotatable bonds is 3. The monoisotopic (exact) mass is 413 g/mol. The molecular weight excluding hydrogens is 408 g/mol. The van der Waals surface area contributed by atoms with Gasteiger partial charge in [-0.2, -0.15) is 0 Å². The van der Waals surface area contributed by atoms with E-state index in [1.807, 2.05) is 0 Å². The smallest absolute Gasteiger partial charge is 0.322 e. The normalized spacial score (nSPS) is 10.7. The standard InChI is InChI=1S/C15H7BrClF2N3O2/c16-7-1-4-11(17)10(5-7)13(23)20-15-22-21-14(24-15)9-3-2-8(18)6-12(9)19/h1-6H,(H,20,22,23). The van der Waals surface area contributed by atoms with Crippen molar-refractivity contribution in [3.8, 4) is 11.5 Å². The number of carbonyl (C=O) groups is 1. The average Bonchev–Trinajstić information content (AvgIpc) is 2.97. The topological polar surface area (TPSA) is 68.0 Å². The Labute approximate surface area is 147 Å². The van der Waals surface area contributed by atoms with Crippen LogP contribution in [0.1, 0.15) is 10.4 Å². The summed E-state index contributed by atoms with van der Waals surface area (Å²) in [6.45, 7) is 0. The minimum atomic E-state index is -0.855. The molecule has 24 heavy (non-hydrogen) atoms.